The Kier molecular flexibility index (Phi) is 4.96. The molecule has 1 saturated carbocycles. The van der Waals surface area contributed by atoms with E-state index in [1.165, 1.54) is 8.61 Å². The standard InChI is InChI=1S/C15H26N2O5S/c1-22-10-11-4-6-16(7-5-11)23(20,21)17-8-13(12-2-3-12)14(9-17)15(18)19/h11-14H,2-10H2,1H3,(H,18,19)/t13-,14+/m1/s1. The molecule has 1 N–H and O–H groups in total. The lowest BCUT2D eigenvalue weighted by Gasteiger charge is -2.33. The van der Waals surface area contributed by atoms with Crippen LogP contribution < -0.4 is 0 Å². The normalized spacial score (nSPS) is 31.5. The Morgan fingerprint density at radius 3 is 2.30 bits per heavy atom. The molecular formula is C15H26N2O5S. The van der Waals surface area contributed by atoms with Crippen LogP contribution in [0.5, 0.6) is 0 Å². The van der Waals surface area contributed by atoms with Gasteiger partial charge >= 0.3 is 5.97 Å². The Bertz CT molecular complexity index is 540. The van der Waals surface area contributed by atoms with E-state index in [2.05, 4.69) is 0 Å². The summed E-state index contributed by atoms with van der Waals surface area (Å²) in [5, 5.41) is 9.40. The van der Waals surface area contributed by atoms with Crippen LogP contribution in [-0.4, -0.2) is 68.0 Å². The Balaban J connectivity index is 1.65. The molecule has 8 heteroatoms. The maximum absolute atomic E-state index is 12.8. The molecule has 7 nitrogen and oxygen atoms in total. The fourth-order valence-corrected chi connectivity index (χ4v) is 5.66. The molecule has 0 amide bonds. The summed E-state index contributed by atoms with van der Waals surface area (Å²) in [5.74, 6) is -0.630. The lowest BCUT2D eigenvalue weighted by molar-refractivity contribution is -0.142. The number of nitrogens with zero attached hydrogens (tertiary/aromatic N) is 2. The molecule has 0 spiro atoms. The van der Waals surface area contributed by atoms with Crippen LogP contribution in [-0.2, 0) is 19.7 Å². The number of ether oxygens (including phenoxy) is 1. The Morgan fingerprint density at radius 1 is 1.13 bits per heavy atom. The van der Waals surface area contributed by atoms with Crippen molar-refractivity contribution in [3.63, 3.8) is 0 Å². The topological polar surface area (TPSA) is 87.2 Å². The average molecular weight is 346 g/mol. The lowest BCUT2D eigenvalue weighted by atomic mass is 9.92. The third-order valence-corrected chi connectivity index (χ3v) is 7.47. The van der Waals surface area contributed by atoms with Crippen molar-refractivity contribution in [3.8, 4) is 0 Å². The van der Waals surface area contributed by atoms with Crippen molar-refractivity contribution in [2.24, 2.45) is 23.7 Å². The Morgan fingerprint density at radius 2 is 1.78 bits per heavy atom. The van der Waals surface area contributed by atoms with E-state index in [-0.39, 0.29) is 12.5 Å². The highest BCUT2D eigenvalue weighted by Gasteiger charge is 2.49. The van der Waals surface area contributed by atoms with Gasteiger partial charge in [0.15, 0.2) is 0 Å². The van der Waals surface area contributed by atoms with Crippen LogP contribution in [0.2, 0.25) is 0 Å². The molecule has 2 saturated heterocycles. The molecule has 132 valence electrons. The average Bonchev–Trinajstić information content (AvgIpc) is 3.25. The van der Waals surface area contributed by atoms with Crippen molar-refractivity contribution >= 4 is 16.2 Å². The Labute approximate surface area is 137 Å². The van der Waals surface area contributed by atoms with Crippen LogP contribution in [0, 0.1) is 23.7 Å². The number of methoxy groups -OCH3 is 1. The number of carboxylic acids is 1. The molecule has 2 heterocycles. The van der Waals surface area contributed by atoms with Gasteiger partial charge in [0.25, 0.3) is 10.2 Å². The van der Waals surface area contributed by atoms with Crippen LogP contribution in [0.1, 0.15) is 25.7 Å². The van der Waals surface area contributed by atoms with Crippen LogP contribution in [0.4, 0.5) is 0 Å². The largest absolute Gasteiger partial charge is 0.481 e. The first kappa shape index (κ1) is 17.1. The van der Waals surface area contributed by atoms with Crippen molar-refractivity contribution in [3.05, 3.63) is 0 Å². The van der Waals surface area contributed by atoms with E-state index in [0.717, 1.165) is 25.7 Å². The van der Waals surface area contributed by atoms with Crippen molar-refractivity contribution in [2.45, 2.75) is 25.7 Å². The highest BCUT2D eigenvalue weighted by Crippen LogP contribution is 2.45. The maximum Gasteiger partial charge on any atom is 0.308 e. The van der Waals surface area contributed by atoms with Crippen molar-refractivity contribution in [1.29, 1.82) is 0 Å². The second kappa shape index (κ2) is 6.66. The molecule has 0 aromatic heterocycles. The molecule has 0 aromatic rings. The van der Waals surface area contributed by atoms with Crippen LogP contribution in [0.25, 0.3) is 0 Å². The van der Waals surface area contributed by atoms with Gasteiger partial charge in [0.05, 0.1) is 5.92 Å². The number of carboxylic acid groups (broad SMARTS) is 1. The fraction of sp³-hybridized carbons (Fsp3) is 0.933. The highest BCUT2D eigenvalue weighted by molar-refractivity contribution is 7.86. The van der Waals surface area contributed by atoms with Gasteiger partial charge in [-0.3, -0.25) is 4.79 Å². The van der Waals surface area contributed by atoms with E-state index < -0.39 is 22.1 Å². The molecule has 0 bridgehead atoms. The van der Waals surface area contributed by atoms with E-state index in [9.17, 15) is 18.3 Å². The summed E-state index contributed by atoms with van der Waals surface area (Å²) in [6.07, 6.45) is 3.67. The van der Waals surface area contributed by atoms with Gasteiger partial charge in [-0.05, 0) is 43.4 Å². The second-order valence-corrected chi connectivity index (χ2v) is 9.00. The molecule has 0 unspecified atom stereocenters. The number of rotatable bonds is 6. The summed E-state index contributed by atoms with van der Waals surface area (Å²) in [6.45, 7) is 2.15. The first-order valence-corrected chi connectivity index (χ1v) is 9.80. The van der Waals surface area contributed by atoms with Gasteiger partial charge in [-0.1, -0.05) is 0 Å². The monoisotopic (exact) mass is 346 g/mol. The van der Waals surface area contributed by atoms with Gasteiger partial charge in [-0.25, -0.2) is 0 Å². The predicted molar refractivity (Wildman–Crippen MR) is 84.0 cm³/mol. The lowest BCUT2D eigenvalue weighted by Crippen LogP contribution is -2.47. The number of piperidine rings is 1. The van der Waals surface area contributed by atoms with Gasteiger partial charge in [0.2, 0.25) is 0 Å². The van der Waals surface area contributed by atoms with Crippen LogP contribution >= 0.6 is 0 Å². The summed E-state index contributed by atoms with van der Waals surface area (Å²) in [5.41, 5.74) is 0. The summed E-state index contributed by atoms with van der Waals surface area (Å²) in [7, 11) is -1.88. The molecular weight excluding hydrogens is 320 g/mol. The van der Waals surface area contributed by atoms with Gasteiger partial charge in [-0.2, -0.15) is 17.0 Å². The van der Waals surface area contributed by atoms with E-state index in [1.54, 1.807) is 7.11 Å². The first-order valence-electron chi connectivity index (χ1n) is 8.40. The summed E-state index contributed by atoms with van der Waals surface area (Å²) in [4.78, 5) is 11.5. The van der Waals surface area contributed by atoms with E-state index >= 15 is 0 Å². The minimum atomic E-state index is -3.54. The zero-order chi connectivity index (χ0) is 16.6. The number of carbonyl (C=O) groups is 1. The predicted octanol–water partition coefficient (Wildman–Crippen LogP) is 0.632. The first-order chi connectivity index (χ1) is 10.9. The maximum atomic E-state index is 12.8. The number of aliphatic carboxylic acids is 1. The molecule has 0 aromatic carbocycles. The van der Waals surface area contributed by atoms with E-state index in [0.29, 0.717) is 38.1 Å². The molecule has 2 aliphatic heterocycles. The minimum absolute atomic E-state index is 0.0201. The van der Waals surface area contributed by atoms with Gasteiger partial charge < -0.3 is 9.84 Å². The SMILES string of the molecule is COCC1CCN(S(=O)(=O)N2C[C@H](C(=O)O)[C@@H](C3CC3)C2)CC1. The Hall–Kier alpha value is -0.700. The van der Waals surface area contributed by atoms with Crippen molar-refractivity contribution in [1.82, 2.24) is 8.61 Å². The molecule has 1 aliphatic carbocycles. The molecule has 3 fully saturated rings. The van der Waals surface area contributed by atoms with Crippen LogP contribution in [0.3, 0.4) is 0 Å². The number of hydrogen-bond acceptors (Lipinski definition) is 4. The minimum Gasteiger partial charge on any atom is -0.481 e. The third kappa shape index (κ3) is 3.55. The molecule has 3 rings (SSSR count). The molecule has 23 heavy (non-hydrogen) atoms. The molecule has 2 atom stereocenters. The summed E-state index contributed by atoms with van der Waals surface area (Å²) in [6, 6.07) is 0. The summed E-state index contributed by atoms with van der Waals surface area (Å²) < 4.78 is 33.7. The zero-order valence-corrected chi connectivity index (χ0v) is 14.4. The van der Waals surface area contributed by atoms with E-state index in [4.69, 9.17) is 4.74 Å². The smallest absolute Gasteiger partial charge is 0.308 e. The van der Waals surface area contributed by atoms with Crippen molar-refractivity contribution in [2.75, 3.05) is 39.9 Å². The zero-order valence-electron chi connectivity index (χ0n) is 13.6. The van der Waals surface area contributed by atoms with Gasteiger partial charge in [0, 0.05) is 39.9 Å². The molecule has 0 radical (unpaired) electrons. The fourth-order valence-electron chi connectivity index (χ4n) is 3.95. The van der Waals surface area contributed by atoms with Crippen molar-refractivity contribution < 1.29 is 23.1 Å². The van der Waals surface area contributed by atoms with Gasteiger partial charge in [0.1, 0.15) is 0 Å². The quantitative estimate of drug-likeness (QED) is 0.762. The number of hydrogen-bond donors (Lipinski definition) is 1. The summed E-state index contributed by atoms with van der Waals surface area (Å²) >= 11 is 0. The second-order valence-electron chi connectivity index (χ2n) is 7.07. The molecule has 3 aliphatic rings. The van der Waals surface area contributed by atoms with Gasteiger partial charge in [-0.15, -0.1) is 0 Å². The third-order valence-electron chi connectivity index (χ3n) is 5.50. The highest BCUT2D eigenvalue weighted by atomic mass is 32.2. The van der Waals surface area contributed by atoms with Crippen LogP contribution in [0.15, 0.2) is 0 Å². The van der Waals surface area contributed by atoms with E-state index in [1.807, 2.05) is 0 Å².